The third kappa shape index (κ3) is 3.85. The number of halogens is 2. The van der Waals surface area contributed by atoms with Crippen molar-refractivity contribution < 1.29 is 23.1 Å². The van der Waals surface area contributed by atoms with Crippen molar-refractivity contribution in [3.8, 4) is 16.8 Å². The average Bonchev–Trinajstić information content (AvgIpc) is 3.49. The molecule has 0 aliphatic heterocycles. The number of carbonyl (C=O) groups is 1. The first-order valence-corrected chi connectivity index (χ1v) is 10.2. The summed E-state index contributed by atoms with van der Waals surface area (Å²) in [6, 6.07) is 9.17. The molecule has 32 heavy (non-hydrogen) atoms. The second-order valence-corrected chi connectivity index (χ2v) is 7.95. The second kappa shape index (κ2) is 7.93. The van der Waals surface area contributed by atoms with Gasteiger partial charge in [-0.05, 0) is 36.4 Å². The van der Waals surface area contributed by atoms with Crippen molar-refractivity contribution in [1.82, 2.24) is 25.0 Å². The van der Waals surface area contributed by atoms with Crippen LogP contribution in [0.3, 0.4) is 0 Å². The normalized spacial score (nSPS) is 11.3. The highest BCUT2D eigenvalue weighted by atomic mass is 32.1. The first-order chi connectivity index (χ1) is 15.5. The number of benzene rings is 2. The average molecular weight is 453 g/mol. The summed E-state index contributed by atoms with van der Waals surface area (Å²) in [5.41, 5.74) is 2.07. The van der Waals surface area contributed by atoms with Crippen LogP contribution < -0.4 is 0 Å². The molecule has 0 saturated carbocycles. The van der Waals surface area contributed by atoms with Crippen molar-refractivity contribution in [3.63, 3.8) is 0 Å². The molecule has 0 radical (unpaired) electrons. The van der Waals surface area contributed by atoms with E-state index >= 15 is 4.39 Å². The number of thiazole rings is 1. The van der Waals surface area contributed by atoms with Gasteiger partial charge in [-0.15, -0.1) is 21.5 Å². The van der Waals surface area contributed by atoms with Crippen LogP contribution >= 0.6 is 11.3 Å². The molecule has 0 amide bonds. The van der Waals surface area contributed by atoms with Crippen LogP contribution in [0.5, 0.6) is 0 Å². The Morgan fingerprint density at radius 3 is 2.66 bits per heavy atom. The Morgan fingerprint density at radius 1 is 1.09 bits per heavy atom. The topological polar surface area (TPSA) is 107 Å². The smallest absolute Gasteiger partial charge is 0.312 e. The largest absolute Gasteiger partial charge is 0.481 e. The summed E-state index contributed by atoms with van der Waals surface area (Å²) in [5, 5.41) is 21.1. The Balaban J connectivity index is 1.42. The molecule has 160 valence electrons. The first-order valence-electron chi connectivity index (χ1n) is 9.38. The summed E-state index contributed by atoms with van der Waals surface area (Å²) < 4.78 is 35.7. The molecule has 0 saturated heterocycles. The number of aromatic nitrogens is 5. The van der Waals surface area contributed by atoms with E-state index in [1.165, 1.54) is 18.3 Å². The molecule has 2 aromatic carbocycles. The molecule has 0 fully saturated rings. The van der Waals surface area contributed by atoms with Crippen LogP contribution in [0, 0.1) is 11.6 Å². The number of aliphatic carboxylic acids is 1. The van der Waals surface area contributed by atoms with Crippen molar-refractivity contribution in [3.05, 3.63) is 77.2 Å². The maximum Gasteiger partial charge on any atom is 0.312 e. The van der Waals surface area contributed by atoms with Gasteiger partial charge in [0.15, 0.2) is 5.82 Å². The van der Waals surface area contributed by atoms with Crippen molar-refractivity contribution in [2.24, 2.45) is 0 Å². The van der Waals surface area contributed by atoms with Crippen molar-refractivity contribution in [2.45, 2.75) is 12.8 Å². The number of carboxylic acids is 1. The molecule has 0 bridgehead atoms. The van der Waals surface area contributed by atoms with Gasteiger partial charge in [-0.2, -0.15) is 5.10 Å². The van der Waals surface area contributed by atoms with E-state index in [0.29, 0.717) is 32.0 Å². The minimum absolute atomic E-state index is 0.000226. The molecule has 0 aliphatic rings. The van der Waals surface area contributed by atoms with Crippen LogP contribution in [-0.4, -0.2) is 36.0 Å². The Labute approximate surface area is 182 Å². The maximum absolute atomic E-state index is 15.3. The molecule has 0 spiro atoms. The number of hydrogen-bond donors (Lipinski definition) is 1. The monoisotopic (exact) mass is 453 g/mol. The summed E-state index contributed by atoms with van der Waals surface area (Å²) >= 11 is 1.16. The lowest BCUT2D eigenvalue weighted by atomic mass is 10.1. The van der Waals surface area contributed by atoms with Crippen LogP contribution in [-0.2, 0) is 17.6 Å². The zero-order valence-corrected chi connectivity index (χ0v) is 17.0. The molecule has 0 aliphatic carbocycles. The molecule has 5 aromatic rings. The summed E-state index contributed by atoms with van der Waals surface area (Å²) in [4.78, 5) is 15.1. The summed E-state index contributed by atoms with van der Waals surface area (Å²) in [7, 11) is 0. The molecule has 11 heteroatoms. The third-order valence-electron chi connectivity index (χ3n) is 4.64. The van der Waals surface area contributed by atoms with Crippen molar-refractivity contribution in [1.29, 1.82) is 0 Å². The summed E-state index contributed by atoms with van der Waals surface area (Å²) in [6.45, 7) is 0. The fraction of sp³-hybridized carbons (Fsp3) is 0.0952. The van der Waals surface area contributed by atoms with Crippen LogP contribution in [0.15, 0.2) is 53.2 Å². The fourth-order valence-corrected chi connectivity index (χ4v) is 4.18. The van der Waals surface area contributed by atoms with E-state index in [-0.39, 0.29) is 30.4 Å². The number of hydrogen-bond acceptors (Lipinski definition) is 7. The van der Waals surface area contributed by atoms with Crippen LogP contribution in [0.4, 0.5) is 8.78 Å². The van der Waals surface area contributed by atoms with Crippen LogP contribution in [0.2, 0.25) is 0 Å². The predicted molar refractivity (Wildman–Crippen MR) is 111 cm³/mol. The highest BCUT2D eigenvalue weighted by Gasteiger charge is 2.17. The highest BCUT2D eigenvalue weighted by molar-refractivity contribution is 7.18. The number of nitrogens with zero attached hydrogens (tertiary/aromatic N) is 5. The minimum atomic E-state index is -1.07. The van der Waals surface area contributed by atoms with E-state index in [9.17, 15) is 9.18 Å². The maximum atomic E-state index is 15.3. The highest BCUT2D eigenvalue weighted by Crippen LogP contribution is 2.33. The lowest BCUT2D eigenvalue weighted by Gasteiger charge is -2.01. The van der Waals surface area contributed by atoms with E-state index in [1.807, 2.05) is 0 Å². The molecular weight excluding hydrogens is 440 g/mol. The molecule has 3 heterocycles. The van der Waals surface area contributed by atoms with Gasteiger partial charge in [-0.1, -0.05) is 0 Å². The molecule has 5 rings (SSSR count). The van der Waals surface area contributed by atoms with E-state index in [2.05, 4.69) is 20.3 Å². The lowest BCUT2D eigenvalue weighted by molar-refractivity contribution is -0.136. The van der Waals surface area contributed by atoms with Gasteiger partial charge in [0, 0.05) is 17.3 Å². The molecule has 1 N–H and O–H groups in total. The zero-order valence-electron chi connectivity index (χ0n) is 16.2. The van der Waals surface area contributed by atoms with E-state index in [0.717, 1.165) is 11.3 Å². The number of fused-ring (bicyclic) bond motifs is 1. The Morgan fingerprint density at radius 2 is 1.88 bits per heavy atom. The van der Waals surface area contributed by atoms with Gasteiger partial charge in [0.2, 0.25) is 11.8 Å². The van der Waals surface area contributed by atoms with Gasteiger partial charge in [0.05, 0.1) is 28.5 Å². The Hall–Kier alpha value is -3.99. The van der Waals surface area contributed by atoms with E-state index in [4.69, 9.17) is 9.52 Å². The lowest BCUT2D eigenvalue weighted by Crippen LogP contribution is -1.99. The standard InChI is InChI=1S/C21H13F2N5O3S/c22-12-1-3-13(4-2-12)28-10-11(9-24-28)14-5-6-15-21(20(14)23)32-18(25-15)7-16-26-27-17(31-16)8-19(29)30/h1-6,9-10H,7-8H2,(H,29,30). The van der Waals surface area contributed by atoms with Crippen molar-refractivity contribution in [2.75, 3.05) is 0 Å². The number of carboxylic acid groups (broad SMARTS) is 1. The van der Waals surface area contributed by atoms with Gasteiger partial charge in [-0.3, -0.25) is 4.79 Å². The van der Waals surface area contributed by atoms with Gasteiger partial charge < -0.3 is 9.52 Å². The SMILES string of the molecule is O=C(O)Cc1nnc(Cc2nc3ccc(-c4cnn(-c5ccc(F)cc5)c4)c(F)c3s2)o1. The molecule has 8 nitrogen and oxygen atoms in total. The molecule has 0 atom stereocenters. The molecular formula is C21H13F2N5O3S. The Kier molecular flexibility index (Phi) is 4.94. The predicted octanol–water partition coefficient (Wildman–Crippen LogP) is 4.03. The summed E-state index contributed by atoms with van der Waals surface area (Å²) in [5.74, 6) is -1.64. The van der Waals surface area contributed by atoms with Gasteiger partial charge >= 0.3 is 5.97 Å². The van der Waals surface area contributed by atoms with Gasteiger partial charge in [0.25, 0.3) is 0 Å². The van der Waals surface area contributed by atoms with Gasteiger partial charge in [-0.25, -0.2) is 18.4 Å². The first kappa shape index (κ1) is 19.9. The molecule has 0 unspecified atom stereocenters. The number of rotatable bonds is 6. The molecule has 3 aromatic heterocycles. The van der Waals surface area contributed by atoms with E-state index in [1.54, 1.807) is 35.1 Å². The Bertz CT molecular complexity index is 1440. The summed E-state index contributed by atoms with van der Waals surface area (Å²) in [6.07, 6.45) is 3.01. The van der Waals surface area contributed by atoms with Crippen molar-refractivity contribution >= 4 is 27.5 Å². The van der Waals surface area contributed by atoms with E-state index < -0.39 is 11.8 Å². The van der Waals surface area contributed by atoms with Crippen LogP contribution in [0.25, 0.3) is 27.0 Å². The van der Waals surface area contributed by atoms with Crippen LogP contribution in [0.1, 0.15) is 16.8 Å². The fourth-order valence-electron chi connectivity index (χ4n) is 3.19. The second-order valence-electron chi connectivity index (χ2n) is 6.87. The third-order valence-corrected chi connectivity index (χ3v) is 5.70. The van der Waals surface area contributed by atoms with Gasteiger partial charge in [0.1, 0.15) is 17.2 Å². The minimum Gasteiger partial charge on any atom is -0.481 e. The quantitative estimate of drug-likeness (QED) is 0.414. The zero-order chi connectivity index (χ0) is 22.2.